The van der Waals surface area contributed by atoms with Crippen molar-refractivity contribution in [2.75, 3.05) is 37.6 Å². The SMILES string of the molecule is O=C(CCCN1CCN(c2ccccc2)CC1)c1ccc(F)cc1O. The molecule has 0 aromatic heterocycles. The lowest BCUT2D eigenvalue weighted by Gasteiger charge is -2.36. The molecule has 5 heteroatoms. The van der Waals surface area contributed by atoms with Crippen LogP contribution in [0.3, 0.4) is 0 Å². The van der Waals surface area contributed by atoms with E-state index in [1.165, 1.54) is 17.8 Å². The zero-order valence-electron chi connectivity index (χ0n) is 14.2. The number of piperazine rings is 1. The second-order valence-corrected chi connectivity index (χ2v) is 6.35. The van der Waals surface area contributed by atoms with Gasteiger partial charge in [0.1, 0.15) is 11.6 Å². The van der Waals surface area contributed by atoms with Crippen LogP contribution in [0.2, 0.25) is 0 Å². The number of halogens is 1. The number of aromatic hydroxyl groups is 1. The van der Waals surface area contributed by atoms with Crippen molar-refractivity contribution in [3.63, 3.8) is 0 Å². The Kier molecular flexibility index (Phi) is 5.66. The summed E-state index contributed by atoms with van der Waals surface area (Å²) >= 11 is 0. The van der Waals surface area contributed by atoms with Gasteiger partial charge in [0.2, 0.25) is 0 Å². The first-order valence-corrected chi connectivity index (χ1v) is 8.67. The molecule has 0 spiro atoms. The first-order valence-electron chi connectivity index (χ1n) is 8.67. The van der Waals surface area contributed by atoms with Crippen molar-refractivity contribution in [3.05, 3.63) is 59.9 Å². The topological polar surface area (TPSA) is 43.8 Å². The van der Waals surface area contributed by atoms with Gasteiger partial charge in [-0.2, -0.15) is 0 Å². The Balaban J connectivity index is 1.42. The summed E-state index contributed by atoms with van der Waals surface area (Å²) < 4.78 is 13.0. The van der Waals surface area contributed by atoms with E-state index >= 15 is 0 Å². The lowest BCUT2D eigenvalue weighted by Crippen LogP contribution is -2.46. The highest BCUT2D eigenvalue weighted by molar-refractivity contribution is 5.98. The number of phenolic OH excluding ortho intramolecular Hbond substituents is 1. The van der Waals surface area contributed by atoms with Gasteiger partial charge in [-0.3, -0.25) is 9.69 Å². The summed E-state index contributed by atoms with van der Waals surface area (Å²) in [6.45, 7) is 4.78. The maximum absolute atomic E-state index is 13.0. The van der Waals surface area contributed by atoms with E-state index in [4.69, 9.17) is 0 Å². The fourth-order valence-electron chi connectivity index (χ4n) is 3.21. The Morgan fingerprint density at radius 3 is 2.44 bits per heavy atom. The van der Waals surface area contributed by atoms with Crippen molar-refractivity contribution >= 4 is 11.5 Å². The summed E-state index contributed by atoms with van der Waals surface area (Å²) in [4.78, 5) is 16.9. The lowest BCUT2D eigenvalue weighted by atomic mass is 10.1. The van der Waals surface area contributed by atoms with Gasteiger partial charge in [0, 0.05) is 44.4 Å². The first-order chi connectivity index (χ1) is 12.1. The van der Waals surface area contributed by atoms with Crippen LogP contribution in [0, 0.1) is 5.82 Å². The van der Waals surface area contributed by atoms with Crippen LogP contribution in [0.5, 0.6) is 5.75 Å². The molecule has 0 radical (unpaired) electrons. The number of ketones is 1. The smallest absolute Gasteiger partial charge is 0.166 e. The summed E-state index contributed by atoms with van der Waals surface area (Å²) in [5.74, 6) is -0.952. The second kappa shape index (κ2) is 8.12. The number of nitrogens with zero attached hydrogens (tertiary/aromatic N) is 2. The van der Waals surface area contributed by atoms with E-state index in [-0.39, 0.29) is 17.1 Å². The molecule has 1 saturated heterocycles. The number of hydrogen-bond donors (Lipinski definition) is 1. The van der Waals surface area contributed by atoms with Crippen LogP contribution in [0.1, 0.15) is 23.2 Å². The molecule has 132 valence electrons. The number of hydrogen-bond acceptors (Lipinski definition) is 4. The minimum atomic E-state index is -0.537. The summed E-state index contributed by atoms with van der Waals surface area (Å²) in [6.07, 6.45) is 1.10. The van der Waals surface area contributed by atoms with Crippen molar-refractivity contribution in [3.8, 4) is 5.75 Å². The predicted octanol–water partition coefficient (Wildman–Crippen LogP) is 3.32. The van der Waals surface area contributed by atoms with Crippen LogP contribution in [0.25, 0.3) is 0 Å². The number of carbonyl (C=O) groups excluding carboxylic acids is 1. The highest BCUT2D eigenvalue weighted by Gasteiger charge is 2.17. The Hall–Kier alpha value is -2.40. The van der Waals surface area contributed by atoms with Gasteiger partial charge in [-0.15, -0.1) is 0 Å². The number of Topliss-reactive ketones (excluding diaryl/α,β-unsaturated/α-hetero) is 1. The zero-order chi connectivity index (χ0) is 17.6. The molecular weight excluding hydrogens is 319 g/mol. The minimum Gasteiger partial charge on any atom is -0.507 e. The van der Waals surface area contributed by atoms with Gasteiger partial charge < -0.3 is 10.0 Å². The Bertz CT molecular complexity index is 713. The molecule has 1 N–H and O–H groups in total. The fraction of sp³-hybridized carbons (Fsp3) is 0.350. The van der Waals surface area contributed by atoms with Crippen LogP contribution < -0.4 is 4.90 Å². The van der Waals surface area contributed by atoms with E-state index in [1.807, 2.05) is 6.07 Å². The van der Waals surface area contributed by atoms with E-state index < -0.39 is 5.82 Å². The van der Waals surface area contributed by atoms with Crippen LogP contribution in [-0.4, -0.2) is 48.5 Å². The van der Waals surface area contributed by atoms with Crippen molar-refractivity contribution in [2.24, 2.45) is 0 Å². The minimum absolute atomic E-state index is 0.138. The summed E-state index contributed by atoms with van der Waals surface area (Å²) in [5, 5.41) is 9.67. The molecule has 0 unspecified atom stereocenters. The maximum Gasteiger partial charge on any atom is 0.166 e. The molecule has 0 bridgehead atoms. The van der Waals surface area contributed by atoms with E-state index in [9.17, 15) is 14.3 Å². The number of rotatable bonds is 6. The van der Waals surface area contributed by atoms with Gasteiger partial charge in [-0.25, -0.2) is 4.39 Å². The molecule has 1 aliphatic heterocycles. The molecule has 0 atom stereocenters. The van der Waals surface area contributed by atoms with Gasteiger partial charge >= 0.3 is 0 Å². The van der Waals surface area contributed by atoms with Crippen LogP contribution in [-0.2, 0) is 0 Å². The summed E-state index contributed by atoms with van der Waals surface area (Å²) in [6, 6.07) is 13.9. The highest BCUT2D eigenvalue weighted by Crippen LogP contribution is 2.20. The molecule has 2 aromatic rings. The Morgan fingerprint density at radius 2 is 1.76 bits per heavy atom. The number of phenols is 1. The zero-order valence-corrected chi connectivity index (χ0v) is 14.2. The molecule has 0 aliphatic carbocycles. The van der Waals surface area contributed by atoms with E-state index in [0.29, 0.717) is 6.42 Å². The van der Waals surface area contributed by atoms with Gasteiger partial charge in [-0.1, -0.05) is 18.2 Å². The lowest BCUT2D eigenvalue weighted by molar-refractivity contribution is 0.0971. The molecule has 25 heavy (non-hydrogen) atoms. The van der Waals surface area contributed by atoms with Crippen molar-refractivity contribution < 1.29 is 14.3 Å². The fourth-order valence-corrected chi connectivity index (χ4v) is 3.21. The maximum atomic E-state index is 13.0. The molecule has 0 amide bonds. The summed E-state index contributed by atoms with van der Waals surface area (Å²) in [7, 11) is 0. The number of carbonyl (C=O) groups is 1. The molecule has 1 aliphatic rings. The average Bonchev–Trinajstić information content (AvgIpc) is 2.63. The van der Waals surface area contributed by atoms with Crippen LogP contribution >= 0.6 is 0 Å². The second-order valence-electron chi connectivity index (χ2n) is 6.35. The quantitative estimate of drug-likeness (QED) is 0.818. The molecular formula is C20H23FN2O2. The van der Waals surface area contributed by atoms with Gasteiger partial charge in [0.15, 0.2) is 5.78 Å². The third-order valence-electron chi connectivity index (χ3n) is 4.63. The number of anilines is 1. The number of benzene rings is 2. The average molecular weight is 342 g/mol. The Morgan fingerprint density at radius 1 is 1.04 bits per heavy atom. The molecule has 2 aromatic carbocycles. The monoisotopic (exact) mass is 342 g/mol. The van der Waals surface area contributed by atoms with Crippen molar-refractivity contribution in [1.29, 1.82) is 0 Å². The third-order valence-corrected chi connectivity index (χ3v) is 4.63. The molecule has 3 rings (SSSR count). The first kappa shape index (κ1) is 17.4. The normalized spacial score (nSPS) is 15.3. The Labute approximate surface area is 147 Å². The third kappa shape index (κ3) is 4.57. The van der Waals surface area contributed by atoms with Crippen LogP contribution in [0.4, 0.5) is 10.1 Å². The molecule has 4 nitrogen and oxygen atoms in total. The standard InChI is InChI=1S/C20H23FN2O2/c21-16-8-9-18(20(25)15-16)19(24)7-4-10-22-11-13-23(14-12-22)17-5-2-1-3-6-17/h1-3,5-6,8-9,15,25H,4,7,10-14H2. The van der Waals surface area contributed by atoms with Gasteiger partial charge in [0.25, 0.3) is 0 Å². The highest BCUT2D eigenvalue weighted by atomic mass is 19.1. The van der Waals surface area contributed by atoms with Crippen LogP contribution in [0.15, 0.2) is 48.5 Å². The number of para-hydroxylation sites is 1. The molecule has 0 saturated carbocycles. The summed E-state index contributed by atoms with van der Waals surface area (Å²) in [5.41, 5.74) is 1.46. The van der Waals surface area contributed by atoms with Crippen molar-refractivity contribution in [2.45, 2.75) is 12.8 Å². The largest absolute Gasteiger partial charge is 0.507 e. The van der Waals surface area contributed by atoms with E-state index in [2.05, 4.69) is 34.1 Å². The van der Waals surface area contributed by atoms with Crippen molar-refractivity contribution in [1.82, 2.24) is 4.90 Å². The predicted molar refractivity (Wildman–Crippen MR) is 96.7 cm³/mol. The van der Waals surface area contributed by atoms with Gasteiger partial charge in [0.05, 0.1) is 5.56 Å². The molecule has 1 fully saturated rings. The molecule has 1 heterocycles. The van der Waals surface area contributed by atoms with Gasteiger partial charge in [-0.05, 0) is 37.2 Å². The van der Waals surface area contributed by atoms with E-state index in [1.54, 1.807) is 0 Å². The van der Waals surface area contributed by atoms with E-state index in [0.717, 1.165) is 45.2 Å².